The summed E-state index contributed by atoms with van der Waals surface area (Å²) in [5.41, 5.74) is 5.52. The van der Waals surface area contributed by atoms with Gasteiger partial charge in [0.25, 0.3) is 0 Å². The van der Waals surface area contributed by atoms with Crippen LogP contribution in [0.15, 0.2) is 6.33 Å². The van der Waals surface area contributed by atoms with Crippen molar-refractivity contribution in [1.82, 2.24) is 20.1 Å². The molecule has 0 saturated heterocycles. The molecule has 0 aliphatic heterocycles. The Hall–Kier alpha value is -1.59. The molecule has 0 unspecified atom stereocenters. The van der Waals surface area contributed by atoms with Crippen LogP contribution in [-0.2, 0) is 11.3 Å². The topological polar surface area (TPSA) is 85.8 Å². The molecule has 1 rings (SSSR count). The highest BCUT2D eigenvalue weighted by molar-refractivity contribution is 5.75. The number of hydrogen-bond donors (Lipinski definition) is 2. The number of anilines is 1. The summed E-state index contributed by atoms with van der Waals surface area (Å²) in [5.74, 6) is 0.126. The number of rotatable bonds is 8. The van der Waals surface area contributed by atoms with Crippen molar-refractivity contribution in [3.8, 4) is 0 Å². The van der Waals surface area contributed by atoms with E-state index in [-0.39, 0.29) is 23.8 Å². The van der Waals surface area contributed by atoms with Gasteiger partial charge in [0.05, 0.1) is 0 Å². The number of hydrogen-bond acceptors (Lipinski definition) is 4. The van der Waals surface area contributed by atoms with Crippen molar-refractivity contribution >= 4 is 11.9 Å². The number of carbonyl (C=O) groups is 1. The lowest BCUT2D eigenvalue weighted by Gasteiger charge is -2.24. The number of nitrogens with one attached hydrogen (secondary N) is 1. The fourth-order valence-electron chi connectivity index (χ4n) is 1.87. The van der Waals surface area contributed by atoms with Crippen LogP contribution in [0.25, 0.3) is 0 Å². The second kappa shape index (κ2) is 7.11. The van der Waals surface area contributed by atoms with Crippen LogP contribution in [0, 0.1) is 5.41 Å². The summed E-state index contributed by atoms with van der Waals surface area (Å²) in [6.45, 7) is 7.39. The Kier molecular flexibility index (Phi) is 5.79. The molecule has 1 amide bonds. The van der Waals surface area contributed by atoms with Crippen molar-refractivity contribution in [1.29, 1.82) is 0 Å². The second-order valence-electron chi connectivity index (χ2n) is 5.70. The van der Waals surface area contributed by atoms with Gasteiger partial charge in [-0.2, -0.15) is 0 Å². The van der Waals surface area contributed by atoms with Gasteiger partial charge in [0.15, 0.2) is 0 Å². The van der Waals surface area contributed by atoms with E-state index >= 15 is 0 Å². The first kappa shape index (κ1) is 15.5. The van der Waals surface area contributed by atoms with Gasteiger partial charge in [0.1, 0.15) is 12.9 Å². The Bertz CT molecular complexity index is 399. The van der Waals surface area contributed by atoms with Gasteiger partial charge < -0.3 is 11.1 Å². The van der Waals surface area contributed by atoms with Crippen molar-refractivity contribution in [2.75, 3.05) is 12.3 Å². The van der Waals surface area contributed by atoms with Crippen LogP contribution in [0.1, 0.15) is 46.5 Å². The fraction of sp³-hybridized carbons (Fsp3) is 0.769. The number of nitrogens with zero attached hydrogens (tertiary/aromatic N) is 3. The van der Waals surface area contributed by atoms with Crippen LogP contribution in [-0.4, -0.2) is 27.2 Å². The number of carbonyl (C=O) groups excluding carboxylic acids is 1. The molecule has 0 saturated carbocycles. The quantitative estimate of drug-likeness (QED) is 0.700. The van der Waals surface area contributed by atoms with Crippen molar-refractivity contribution in [3.63, 3.8) is 0 Å². The molecule has 0 aliphatic carbocycles. The number of nitrogens with two attached hydrogens (primary N) is 1. The van der Waals surface area contributed by atoms with Crippen LogP contribution in [0.3, 0.4) is 0 Å². The summed E-state index contributed by atoms with van der Waals surface area (Å²) in [7, 11) is 0. The summed E-state index contributed by atoms with van der Waals surface area (Å²) < 4.78 is 1.44. The summed E-state index contributed by atoms with van der Waals surface area (Å²) in [6.07, 6.45) is 6.25. The van der Waals surface area contributed by atoms with E-state index in [0.29, 0.717) is 6.54 Å². The Balaban J connectivity index is 2.28. The third-order valence-corrected chi connectivity index (χ3v) is 3.08. The first-order valence-electron chi connectivity index (χ1n) is 6.84. The minimum absolute atomic E-state index is 0.0616. The number of aromatic nitrogens is 3. The number of nitrogen functional groups attached to an aromatic ring is 1. The molecule has 3 N–H and O–H groups in total. The van der Waals surface area contributed by atoms with E-state index in [4.69, 9.17) is 5.73 Å². The average molecular weight is 267 g/mol. The lowest BCUT2D eigenvalue weighted by Crippen LogP contribution is -2.36. The maximum atomic E-state index is 11.8. The summed E-state index contributed by atoms with van der Waals surface area (Å²) in [5, 5.41) is 6.82. The summed E-state index contributed by atoms with van der Waals surface area (Å²) in [6, 6.07) is 0. The van der Waals surface area contributed by atoms with Crippen LogP contribution < -0.4 is 11.1 Å². The van der Waals surface area contributed by atoms with E-state index < -0.39 is 0 Å². The van der Waals surface area contributed by atoms with Gasteiger partial charge in [0, 0.05) is 6.54 Å². The standard InChI is InChI=1S/C13H25N5O/c1-4-5-6-7-13(2,3)9-15-11(19)8-18-10-16-12(14)17-18/h10H,4-9H2,1-3H3,(H2,14,17)(H,15,19). The normalized spacial score (nSPS) is 11.5. The Morgan fingerprint density at radius 2 is 2.21 bits per heavy atom. The highest BCUT2D eigenvalue weighted by Crippen LogP contribution is 2.22. The van der Waals surface area contributed by atoms with E-state index in [0.717, 1.165) is 6.42 Å². The van der Waals surface area contributed by atoms with Crippen molar-refractivity contribution in [2.24, 2.45) is 5.41 Å². The van der Waals surface area contributed by atoms with Gasteiger partial charge in [-0.3, -0.25) is 4.79 Å². The highest BCUT2D eigenvalue weighted by atomic mass is 16.2. The predicted octanol–water partition coefficient (Wildman–Crippen LogP) is 1.58. The van der Waals surface area contributed by atoms with E-state index in [1.54, 1.807) is 0 Å². The molecule has 19 heavy (non-hydrogen) atoms. The molecule has 0 aromatic carbocycles. The maximum absolute atomic E-state index is 11.8. The molecular weight excluding hydrogens is 242 g/mol. The maximum Gasteiger partial charge on any atom is 0.241 e. The zero-order valence-electron chi connectivity index (χ0n) is 12.1. The van der Waals surface area contributed by atoms with Gasteiger partial charge in [-0.1, -0.05) is 40.0 Å². The van der Waals surface area contributed by atoms with E-state index in [1.807, 2.05) is 0 Å². The smallest absolute Gasteiger partial charge is 0.241 e. The highest BCUT2D eigenvalue weighted by Gasteiger charge is 2.18. The van der Waals surface area contributed by atoms with Crippen LogP contribution in [0.2, 0.25) is 0 Å². The molecule has 0 aliphatic rings. The number of amides is 1. The van der Waals surface area contributed by atoms with Gasteiger partial charge >= 0.3 is 0 Å². The molecule has 1 aromatic heterocycles. The van der Waals surface area contributed by atoms with Gasteiger partial charge in [0.2, 0.25) is 11.9 Å². The predicted molar refractivity (Wildman–Crippen MR) is 75.4 cm³/mol. The summed E-state index contributed by atoms with van der Waals surface area (Å²) >= 11 is 0. The molecule has 6 nitrogen and oxygen atoms in total. The summed E-state index contributed by atoms with van der Waals surface area (Å²) in [4.78, 5) is 15.5. The van der Waals surface area contributed by atoms with Crippen LogP contribution in [0.4, 0.5) is 5.95 Å². The first-order chi connectivity index (χ1) is 8.93. The molecule has 1 heterocycles. The Morgan fingerprint density at radius 1 is 1.47 bits per heavy atom. The van der Waals surface area contributed by atoms with Crippen LogP contribution >= 0.6 is 0 Å². The molecule has 0 spiro atoms. The molecule has 6 heteroatoms. The van der Waals surface area contributed by atoms with Gasteiger partial charge in [-0.25, -0.2) is 9.67 Å². The monoisotopic (exact) mass is 267 g/mol. The molecule has 0 radical (unpaired) electrons. The zero-order valence-corrected chi connectivity index (χ0v) is 12.1. The third kappa shape index (κ3) is 6.22. The minimum Gasteiger partial charge on any atom is -0.367 e. The third-order valence-electron chi connectivity index (χ3n) is 3.08. The fourth-order valence-corrected chi connectivity index (χ4v) is 1.87. The molecule has 0 bridgehead atoms. The average Bonchev–Trinajstić information content (AvgIpc) is 2.73. The lowest BCUT2D eigenvalue weighted by molar-refractivity contribution is -0.122. The SMILES string of the molecule is CCCCCC(C)(C)CNC(=O)Cn1cnc(N)n1. The largest absolute Gasteiger partial charge is 0.367 e. The van der Waals surface area contributed by atoms with Crippen molar-refractivity contribution in [3.05, 3.63) is 6.33 Å². The first-order valence-corrected chi connectivity index (χ1v) is 6.84. The molecule has 0 atom stereocenters. The second-order valence-corrected chi connectivity index (χ2v) is 5.70. The van der Waals surface area contributed by atoms with Crippen LogP contribution in [0.5, 0.6) is 0 Å². The lowest BCUT2D eigenvalue weighted by atomic mass is 9.87. The van der Waals surface area contributed by atoms with Gasteiger partial charge in [-0.05, 0) is 11.8 Å². The molecule has 0 fully saturated rings. The Morgan fingerprint density at radius 3 is 2.79 bits per heavy atom. The van der Waals surface area contributed by atoms with Crippen molar-refractivity contribution in [2.45, 2.75) is 53.0 Å². The molecule has 1 aromatic rings. The van der Waals surface area contributed by atoms with E-state index in [2.05, 4.69) is 36.2 Å². The molecular formula is C13H25N5O. The van der Waals surface area contributed by atoms with Gasteiger partial charge in [-0.15, -0.1) is 5.10 Å². The van der Waals surface area contributed by atoms with E-state index in [9.17, 15) is 4.79 Å². The number of unbranched alkanes of at least 4 members (excludes halogenated alkanes) is 2. The van der Waals surface area contributed by atoms with E-state index in [1.165, 1.54) is 30.3 Å². The van der Waals surface area contributed by atoms with Crippen molar-refractivity contribution < 1.29 is 4.79 Å². The zero-order chi connectivity index (χ0) is 14.3. The molecule has 108 valence electrons. The minimum atomic E-state index is -0.0616. The Labute approximate surface area is 114 Å².